The van der Waals surface area contributed by atoms with Crippen LogP contribution in [-0.2, 0) is 4.79 Å². The summed E-state index contributed by atoms with van der Waals surface area (Å²) in [6, 6.07) is 5.51. The molecule has 0 aliphatic carbocycles. The van der Waals surface area contributed by atoms with Gasteiger partial charge in [0, 0.05) is 13.5 Å². The number of carbonyl (C=O) groups is 1. The Balaban J connectivity index is 2.61. The van der Waals surface area contributed by atoms with Crippen molar-refractivity contribution in [1.29, 1.82) is 0 Å². The van der Waals surface area contributed by atoms with Crippen LogP contribution < -0.4 is 10.1 Å². The van der Waals surface area contributed by atoms with Gasteiger partial charge in [-0.05, 0) is 17.7 Å². The number of ether oxygens (including phenoxy) is 1. The van der Waals surface area contributed by atoms with E-state index in [1.165, 1.54) is 6.92 Å². The minimum atomic E-state index is -0.0441. The molecule has 0 bridgehead atoms. The van der Waals surface area contributed by atoms with E-state index in [0.29, 0.717) is 17.3 Å². The Kier molecular flexibility index (Phi) is 4.86. The Hall–Kier alpha value is -1.48. The predicted molar refractivity (Wildman–Crippen MR) is 65.7 cm³/mol. The standard InChI is InChI=1S/C12H14ClNO2/c1-9(15)14-7-3-4-10-5-6-12(16-2)11(13)8-10/h3-6,8H,7H2,1-2H3,(H,14,15). The normalized spacial score (nSPS) is 10.4. The van der Waals surface area contributed by atoms with Crippen LogP contribution in [0.1, 0.15) is 12.5 Å². The third-order valence-corrected chi connectivity index (χ3v) is 2.25. The largest absolute Gasteiger partial charge is 0.495 e. The van der Waals surface area contributed by atoms with Gasteiger partial charge in [0.15, 0.2) is 0 Å². The van der Waals surface area contributed by atoms with E-state index in [0.717, 1.165) is 5.56 Å². The molecule has 0 spiro atoms. The van der Waals surface area contributed by atoms with Crippen LogP contribution >= 0.6 is 11.6 Å². The summed E-state index contributed by atoms with van der Waals surface area (Å²) in [4.78, 5) is 10.6. The van der Waals surface area contributed by atoms with Crippen molar-refractivity contribution in [1.82, 2.24) is 5.32 Å². The van der Waals surface area contributed by atoms with Gasteiger partial charge in [0.05, 0.1) is 12.1 Å². The van der Waals surface area contributed by atoms with Crippen LogP contribution in [0.2, 0.25) is 5.02 Å². The lowest BCUT2D eigenvalue weighted by Crippen LogP contribution is -2.19. The van der Waals surface area contributed by atoms with Crippen molar-refractivity contribution in [3.8, 4) is 5.75 Å². The smallest absolute Gasteiger partial charge is 0.217 e. The molecule has 0 heterocycles. The quantitative estimate of drug-likeness (QED) is 0.877. The topological polar surface area (TPSA) is 38.3 Å². The number of rotatable bonds is 4. The Morgan fingerprint density at radius 2 is 2.31 bits per heavy atom. The van der Waals surface area contributed by atoms with Gasteiger partial charge < -0.3 is 10.1 Å². The van der Waals surface area contributed by atoms with Gasteiger partial charge in [-0.1, -0.05) is 29.8 Å². The van der Waals surface area contributed by atoms with Gasteiger partial charge in [0.2, 0.25) is 5.91 Å². The summed E-state index contributed by atoms with van der Waals surface area (Å²) in [6.45, 7) is 2.00. The van der Waals surface area contributed by atoms with E-state index in [9.17, 15) is 4.79 Å². The maximum absolute atomic E-state index is 10.6. The number of carbonyl (C=O) groups excluding carboxylic acids is 1. The Bertz CT molecular complexity index is 402. The summed E-state index contributed by atoms with van der Waals surface area (Å²) in [5, 5.41) is 3.24. The first-order valence-electron chi connectivity index (χ1n) is 4.88. The highest BCUT2D eigenvalue weighted by atomic mass is 35.5. The lowest BCUT2D eigenvalue weighted by Gasteiger charge is -2.03. The van der Waals surface area contributed by atoms with Crippen molar-refractivity contribution >= 4 is 23.6 Å². The molecule has 0 aliphatic heterocycles. The van der Waals surface area contributed by atoms with Crippen molar-refractivity contribution in [2.75, 3.05) is 13.7 Å². The van der Waals surface area contributed by atoms with Gasteiger partial charge in [0.25, 0.3) is 0 Å². The van der Waals surface area contributed by atoms with Crippen LogP contribution in [0.25, 0.3) is 6.08 Å². The molecule has 0 aliphatic rings. The maximum Gasteiger partial charge on any atom is 0.217 e. The molecule has 4 heteroatoms. The van der Waals surface area contributed by atoms with Crippen molar-refractivity contribution in [3.05, 3.63) is 34.9 Å². The average molecular weight is 240 g/mol. The SMILES string of the molecule is COc1ccc(C=CCNC(C)=O)cc1Cl. The summed E-state index contributed by atoms with van der Waals surface area (Å²) >= 11 is 5.96. The second kappa shape index (κ2) is 6.18. The second-order valence-corrected chi connectivity index (χ2v) is 3.64. The highest BCUT2D eigenvalue weighted by molar-refractivity contribution is 6.32. The summed E-state index contributed by atoms with van der Waals surface area (Å²) in [5.74, 6) is 0.609. The molecule has 1 amide bonds. The van der Waals surface area contributed by atoms with Crippen LogP contribution in [0, 0.1) is 0 Å². The van der Waals surface area contributed by atoms with E-state index in [4.69, 9.17) is 16.3 Å². The third kappa shape index (κ3) is 3.95. The zero-order valence-electron chi connectivity index (χ0n) is 9.29. The molecule has 1 aromatic rings. The maximum atomic E-state index is 10.6. The van der Waals surface area contributed by atoms with Gasteiger partial charge in [-0.3, -0.25) is 4.79 Å². The summed E-state index contributed by atoms with van der Waals surface area (Å²) in [6.07, 6.45) is 3.75. The van der Waals surface area contributed by atoms with E-state index in [1.54, 1.807) is 13.2 Å². The van der Waals surface area contributed by atoms with E-state index < -0.39 is 0 Å². The molecule has 0 aromatic heterocycles. The first-order valence-corrected chi connectivity index (χ1v) is 5.26. The van der Waals surface area contributed by atoms with Gasteiger partial charge in [-0.2, -0.15) is 0 Å². The first kappa shape index (κ1) is 12.6. The molecule has 0 radical (unpaired) electrons. The molecule has 16 heavy (non-hydrogen) atoms. The van der Waals surface area contributed by atoms with Crippen LogP contribution in [-0.4, -0.2) is 19.6 Å². The van der Waals surface area contributed by atoms with Crippen LogP contribution in [0.3, 0.4) is 0 Å². The number of nitrogens with one attached hydrogen (secondary N) is 1. The van der Waals surface area contributed by atoms with Crippen LogP contribution in [0.15, 0.2) is 24.3 Å². The molecule has 0 saturated heterocycles. The molecule has 3 nitrogen and oxygen atoms in total. The second-order valence-electron chi connectivity index (χ2n) is 3.23. The van der Waals surface area contributed by atoms with Crippen LogP contribution in [0.4, 0.5) is 0 Å². The van der Waals surface area contributed by atoms with Crippen molar-refractivity contribution in [3.63, 3.8) is 0 Å². The zero-order chi connectivity index (χ0) is 12.0. The molecule has 0 fully saturated rings. The summed E-state index contributed by atoms with van der Waals surface area (Å²) in [7, 11) is 1.58. The fourth-order valence-electron chi connectivity index (χ4n) is 1.18. The molecule has 0 saturated carbocycles. The lowest BCUT2D eigenvalue weighted by molar-refractivity contribution is -0.118. The van der Waals surface area contributed by atoms with Crippen LogP contribution in [0.5, 0.6) is 5.75 Å². The number of benzene rings is 1. The monoisotopic (exact) mass is 239 g/mol. The number of methoxy groups -OCH3 is 1. The first-order chi connectivity index (χ1) is 7.63. The van der Waals surface area contributed by atoms with E-state index in [1.807, 2.05) is 24.3 Å². The minimum absolute atomic E-state index is 0.0441. The van der Waals surface area contributed by atoms with Gasteiger partial charge in [-0.25, -0.2) is 0 Å². The summed E-state index contributed by atoms with van der Waals surface area (Å²) < 4.78 is 5.04. The van der Waals surface area contributed by atoms with E-state index in [-0.39, 0.29) is 5.91 Å². The van der Waals surface area contributed by atoms with E-state index in [2.05, 4.69) is 5.32 Å². The predicted octanol–water partition coefficient (Wildman–Crippen LogP) is 2.50. The number of halogens is 1. The molecular weight excluding hydrogens is 226 g/mol. The number of hydrogen-bond donors (Lipinski definition) is 1. The highest BCUT2D eigenvalue weighted by Crippen LogP contribution is 2.25. The zero-order valence-corrected chi connectivity index (χ0v) is 10.0. The Morgan fingerprint density at radius 3 is 2.88 bits per heavy atom. The van der Waals surface area contributed by atoms with E-state index >= 15 is 0 Å². The molecular formula is C12H14ClNO2. The number of amides is 1. The minimum Gasteiger partial charge on any atom is -0.495 e. The Labute approximate surface area is 100 Å². The highest BCUT2D eigenvalue weighted by Gasteiger charge is 1.99. The van der Waals surface area contributed by atoms with Crippen molar-refractivity contribution in [2.24, 2.45) is 0 Å². The average Bonchev–Trinajstić information content (AvgIpc) is 2.24. The summed E-state index contributed by atoms with van der Waals surface area (Å²) in [5.41, 5.74) is 0.969. The molecule has 86 valence electrons. The molecule has 0 atom stereocenters. The lowest BCUT2D eigenvalue weighted by atomic mass is 10.2. The van der Waals surface area contributed by atoms with Gasteiger partial charge in [-0.15, -0.1) is 0 Å². The fraction of sp³-hybridized carbons (Fsp3) is 0.250. The third-order valence-electron chi connectivity index (χ3n) is 1.96. The number of hydrogen-bond acceptors (Lipinski definition) is 2. The van der Waals surface area contributed by atoms with Gasteiger partial charge >= 0.3 is 0 Å². The Morgan fingerprint density at radius 1 is 1.56 bits per heavy atom. The fourth-order valence-corrected chi connectivity index (χ4v) is 1.45. The van der Waals surface area contributed by atoms with Crippen molar-refractivity contribution in [2.45, 2.75) is 6.92 Å². The molecule has 1 N–H and O–H groups in total. The molecule has 0 unspecified atom stereocenters. The molecule has 1 rings (SSSR count). The van der Waals surface area contributed by atoms with Gasteiger partial charge in [0.1, 0.15) is 5.75 Å². The molecule has 1 aromatic carbocycles. The van der Waals surface area contributed by atoms with Crippen molar-refractivity contribution < 1.29 is 9.53 Å².